The van der Waals surface area contributed by atoms with Crippen LogP contribution in [0.25, 0.3) is 22.0 Å². The predicted octanol–water partition coefficient (Wildman–Crippen LogP) is 4.58. The average molecular weight is 412 g/mol. The lowest BCUT2D eigenvalue weighted by Crippen LogP contribution is -2.24. The molecule has 3 heterocycles. The van der Waals surface area contributed by atoms with Crippen molar-refractivity contribution >= 4 is 28.4 Å². The van der Waals surface area contributed by atoms with E-state index >= 15 is 4.39 Å². The summed E-state index contributed by atoms with van der Waals surface area (Å²) >= 11 is 6.42. The van der Waals surface area contributed by atoms with E-state index in [0.29, 0.717) is 22.0 Å². The Bertz CT molecular complexity index is 1450. The molecule has 1 amide bonds. The van der Waals surface area contributed by atoms with Crippen molar-refractivity contribution < 1.29 is 16.0 Å². The molecule has 29 heavy (non-hydrogen) atoms. The third kappa shape index (κ3) is 2.96. The van der Waals surface area contributed by atoms with Gasteiger partial charge < -0.3 is 4.90 Å². The van der Waals surface area contributed by atoms with Crippen molar-refractivity contribution in [2.75, 3.05) is 0 Å². The summed E-state index contributed by atoms with van der Waals surface area (Å²) in [7, 11) is 0. The molecule has 2 aromatic carbocycles. The number of hydrogen-bond donors (Lipinski definition) is 0. The summed E-state index contributed by atoms with van der Waals surface area (Å²) in [6, 6.07) is 10.8. The van der Waals surface area contributed by atoms with Gasteiger partial charge in [0, 0.05) is 39.5 Å². The van der Waals surface area contributed by atoms with Crippen LogP contribution in [0.15, 0.2) is 54.9 Å². The summed E-state index contributed by atoms with van der Waals surface area (Å²) in [4.78, 5) is 17.7. The van der Waals surface area contributed by atoms with E-state index in [9.17, 15) is 4.79 Å². The first-order valence-corrected chi connectivity index (χ1v) is 9.11. The first-order valence-electron chi connectivity index (χ1n) is 11.2. The number of aromatic nitrogens is 3. The zero-order chi connectivity index (χ0) is 24.4. The molecule has 0 N–H and O–H groups in total. The second-order valence-corrected chi connectivity index (χ2v) is 7.04. The van der Waals surface area contributed by atoms with Gasteiger partial charge in [-0.3, -0.25) is 14.5 Å². The number of pyridine rings is 1. The smallest absolute Gasteiger partial charge is 0.256 e. The van der Waals surface area contributed by atoms with Crippen molar-refractivity contribution in [3.8, 4) is 11.1 Å². The van der Waals surface area contributed by atoms with Gasteiger partial charge in [-0.2, -0.15) is 5.10 Å². The van der Waals surface area contributed by atoms with Crippen LogP contribution >= 0.6 is 11.6 Å². The molecule has 7 heteroatoms. The number of rotatable bonds is 3. The van der Waals surface area contributed by atoms with Crippen LogP contribution < -0.4 is 0 Å². The number of amides is 1. The van der Waals surface area contributed by atoms with Gasteiger partial charge in [0.15, 0.2) is 0 Å². The molecule has 2 aromatic heterocycles. The first kappa shape index (κ1) is 13.1. The lowest BCUT2D eigenvalue weighted by Gasteiger charge is -2.18. The molecule has 5 rings (SSSR count). The molecule has 1 aliphatic rings. The summed E-state index contributed by atoms with van der Waals surface area (Å²) in [6.45, 7) is -5.08. The van der Waals surface area contributed by atoms with Gasteiger partial charge in [-0.1, -0.05) is 23.7 Å². The van der Waals surface area contributed by atoms with Gasteiger partial charge >= 0.3 is 0 Å². The Kier molecular flexibility index (Phi) is 3.00. The van der Waals surface area contributed by atoms with Crippen molar-refractivity contribution in [1.82, 2.24) is 19.7 Å². The molecule has 0 atom stereocenters. The van der Waals surface area contributed by atoms with Crippen molar-refractivity contribution in [3.05, 3.63) is 82.5 Å². The molecule has 144 valence electrons. The molecular formula is C22H16ClFN4O. The fraction of sp³-hybridized carbons (Fsp3) is 0.136. The Balaban J connectivity index is 1.54. The highest BCUT2D eigenvalue weighted by atomic mass is 35.5. The molecule has 0 aliphatic carbocycles. The minimum atomic E-state index is -2.46. The average Bonchev–Trinajstić information content (AvgIpc) is 3.30. The zero-order valence-corrected chi connectivity index (χ0v) is 15.6. The van der Waals surface area contributed by atoms with Crippen LogP contribution in [-0.2, 0) is 20.0 Å². The van der Waals surface area contributed by atoms with Crippen LogP contribution in [0, 0.1) is 5.82 Å². The monoisotopic (exact) mass is 411 g/mol. The second-order valence-electron chi connectivity index (χ2n) is 6.63. The van der Waals surface area contributed by atoms with Crippen LogP contribution in [0.3, 0.4) is 0 Å². The molecule has 0 bridgehead atoms. The minimum absolute atomic E-state index is 0.00253. The minimum Gasteiger partial charge on any atom is -0.328 e. The summed E-state index contributed by atoms with van der Waals surface area (Å²) < 4.78 is 55.6. The molecule has 0 saturated carbocycles. The second kappa shape index (κ2) is 6.67. The molecule has 0 saturated heterocycles. The molecule has 0 fully saturated rings. The van der Waals surface area contributed by atoms with Crippen molar-refractivity contribution in [1.29, 1.82) is 0 Å². The number of halogens is 2. The van der Waals surface area contributed by atoms with Crippen molar-refractivity contribution in [2.24, 2.45) is 6.98 Å². The number of nitrogens with zero attached hydrogens (tertiary/aromatic N) is 4. The lowest BCUT2D eigenvalue weighted by molar-refractivity contribution is 0.0765. The van der Waals surface area contributed by atoms with Crippen molar-refractivity contribution in [3.63, 3.8) is 0 Å². The van der Waals surface area contributed by atoms with Crippen LogP contribution in [0.4, 0.5) is 4.39 Å². The third-order valence-electron chi connectivity index (χ3n) is 4.84. The van der Waals surface area contributed by atoms with Crippen molar-refractivity contribution in [2.45, 2.75) is 13.0 Å². The molecular weight excluding hydrogens is 391 g/mol. The van der Waals surface area contributed by atoms with Gasteiger partial charge in [0.1, 0.15) is 5.82 Å². The van der Waals surface area contributed by atoms with E-state index in [1.165, 1.54) is 36.7 Å². The molecule has 0 radical (unpaired) electrons. The molecule has 0 spiro atoms. The largest absolute Gasteiger partial charge is 0.328 e. The van der Waals surface area contributed by atoms with Gasteiger partial charge in [0.2, 0.25) is 0 Å². The number of aryl methyl sites for hydroxylation is 1. The number of carbonyl (C=O) groups excluding carboxylic acids is 1. The maximum atomic E-state index is 15.3. The number of benzene rings is 2. The number of carbonyl (C=O) groups is 1. The van der Waals surface area contributed by atoms with E-state index in [1.54, 1.807) is 18.2 Å². The number of fused-ring (bicyclic) bond motifs is 2. The van der Waals surface area contributed by atoms with Crippen LogP contribution in [0.2, 0.25) is 5.02 Å². The van der Waals surface area contributed by atoms with E-state index in [4.69, 9.17) is 18.5 Å². The predicted molar refractivity (Wildman–Crippen MR) is 109 cm³/mol. The van der Waals surface area contributed by atoms with Gasteiger partial charge in [-0.25, -0.2) is 4.39 Å². The Morgan fingerprint density at radius 1 is 1.28 bits per heavy atom. The van der Waals surface area contributed by atoms with E-state index in [1.807, 2.05) is 0 Å². The highest BCUT2D eigenvalue weighted by molar-refractivity contribution is 6.31. The van der Waals surface area contributed by atoms with Crippen LogP contribution in [0.1, 0.15) is 28.5 Å². The summed E-state index contributed by atoms with van der Waals surface area (Å²) in [5.41, 5.74) is 1.41. The normalized spacial score (nSPS) is 18.1. The highest BCUT2D eigenvalue weighted by Gasteiger charge is 2.29. The number of hydrogen-bond acceptors (Lipinski definition) is 3. The Morgan fingerprint density at radius 3 is 2.93 bits per heavy atom. The van der Waals surface area contributed by atoms with E-state index in [-0.39, 0.29) is 21.8 Å². The quantitative estimate of drug-likeness (QED) is 0.495. The zero-order valence-electron chi connectivity index (χ0n) is 19.9. The summed E-state index contributed by atoms with van der Waals surface area (Å²) in [5.74, 6) is -1.33. The molecule has 4 aromatic rings. The van der Waals surface area contributed by atoms with E-state index < -0.39 is 31.7 Å². The fourth-order valence-corrected chi connectivity index (χ4v) is 3.73. The van der Waals surface area contributed by atoms with Crippen LogP contribution in [-0.4, -0.2) is 25.6 Å². The highest BCUT2D eigenvalue weighted by Crippen LogP contribution is 2.34. The Hall–Kier alpha value is -3.25. The standard InChI is InChI=1S/C22H16ClFN4O/c1-27-10-16-14(4-2-6-20(16)26-27)13-8-18(23)17(19(24)9-13)11-28-12-21-15(22(28)29)5-3-7-25-21/h2-10H,11-12H2,1H3/i1D3,12D2. The molecule has 1 aliphatic heterocycles. The fourth-order valence-electron chi connectivity index (χ4n) is 3.46. The van der Waals surface area contributed by atoms with E-state index in [0.717, 1.165) is 9.58 Å². The Morgan fingerprint density at radius 2 is 2.14 bits per heavy atom. The van der Waals surface area contributed by atoms with Gasteiger partial charge in [0.25, 0.3) is 5.91 Å². The third-order valence-corrected chi connectivity index (χ3v) is 5.18. The summed E-state index contributed by atoms with van der Waals surface area (Å²) in [6.07, 6.45) is 2.77. The van der Waals surface area contributed by atoms with Crippen LogP contribution in [0.5, 0.6) is 0 Å². The van der Waals surface area contributed by atoms with Gasteiger partial charge in [0.05, 0.1) is 32.6 Å². The Labute approximate surface area is 178 Å². The van der Waals surface area contributed by atoms with E-state index in [2.05, 4.69) is 10.1 Å². The maximum absolute atomic E-state index is 15.3. The van der Waals surface area contributed by atoms with Gasteiger partial charge in [-0.15, -0.1) is 0 Å². The lowest BCUT2D eigenvalue weighted by atomic mass is 10.00. The maximum Gasteiger partial charge on any atom is 0.256 e. The summed E-state index contributed by atoms with van der Waals surface area (Å²) in [5, 5.41) is 4.59. The molecule has 5 nitrogen and oxygen atoms in total. The first-order chi connectivity index (χ1) is 16.0. The van der Waals surface area contributed by atoms with Gasteiger partial charge in [-0.05, 0) is 41.5 Å². The molecule has 0 unspecified atom stereocenters. The SMILES string of the molecule is [2H]C1([2H])c2ncccc2C(=O)N1Cc1c(F)cc(-c2cccc3nn(C([2H])([2H])[2H])cc23)cc1Cl. The topological polar surface area (TPSA) is 51.0 Å².